The second kappa shape index (κ2) is 4.99. The van der Waals surface area contributed by atoms with Gasteiger partial charge in [-0.05, 0) is 27.4 Å². The van der Waals surface area contributed by atoms with Gasteiger partial charge in [-0.3, -0.25) is 0 Å². The van der Waals surface area contributed by atoms with Crippen molar-refractivity contribution in [3.63, 3.8) is 0 Å². The summed E-state index contributed by atoms with van der Waals surface area (Å²) in [7, 11) is 0. The fourth-order valence-corrected chi connectivity index (χ4v) is 2.77. The van der Waals surface area contributed by atoms with Gasteiger partial charge >= 0.3 is 0 Å². The number of nitrogen functional groups attached to an aromatic ring is 1. The molecule has 0 aliphatic rings. The highest BCUT2D eigenvalue weighted by Crippen LogP contribution is 2.23. The van der Waals surface area contributed by atoms with Crippen molar-refractivity contribution < 1.29 is 0 Å². The van der Waals surface area contributed by atoms with Crippen LogP contribution in [0.5, 0.6) is 0 Å². The smallest absolute Gasteiger partial charge is 0.223 e. The third-order valence-corrected chi connectivity index (χ3v) is 3.95. The van der Waals surface area contributed by atoms with Crippen molar-refractivity contribution in [2.75, 3.05) is 11.1 Å². The number of aromatic nitrogens is 2. The fraction of sp³-hybridized carbons (Fsp3) is 0.111. The van der Waals surface area contributed by atoms with E-state index < -0.39 is 0 Å². The zero-order valence-corrected chi connectivity index (χ0v) is 11.2. The summed E-state index contributed by atoms with van der Waals surface area (Å²) in [5.41, 5.74) is 5.48. The number of rotatable bonds is 3. The maximum atomic E-state index is 5.76. The summed E-state index contributed by atoms with van der Waals surface area (Å²) in [6.45, 7) is 0.672. The van der Waals surface area contributed by atoms with Gasteiger partial charge in [-0.25, -0.2) is 4.98 Å². The Hall–Kier alpha value is -0.850. The molecule has 7 heteroatoms. The predicted molar refractivity (Wildman–Crippen MR) is 70.8 cm³/mol. The van der Waals surface area contributed by atoms with E-state index in [1.54, 1.807) is 17.4 Å². The Labute approximate surface area is 110 Å². The lowest BCUT2D eigenvalue weighted by atomic mass is 10.4. The molecule has 0 bridgehead atoms. The number of nitrogens with zero attached hydrogens (tertiary/aromatic N) is 2. The lowest BCUT2D eigenvalue weighted by Gasteiger charge is -2.05. The topological polar surface area (TPSA) is 63.8 Å². The lowest BCUT2D eigenvalue weighted by molar-refractivity contribution is 1.10. The average molecular weight is 320 g/mol. The molecule has 0 aliphatic heterocycles. The van der Waals surface area contributed by atoms with Crippen molar-refractivity contribution in [3.05, 3.63) is 32.0 Å². The molecule has 0 spiro atoms. The normalized spacial score (nSPS) is 10.4. The molecule has 0 fully saturated rings. The van der Waals surface area contributed by atoms with Gasteiger partial charge in [-0.1, -0.05) is 11.6 Å². The molecular formula is C9H8BrClN4S. The Morgan fingerprint density at radius 2 is 2.31 bits per heavy atom. The van der Waals surface area contributed by atoms with Crippen molar-refractivity contribution in [2.45, 2.75) is 6.54 Å². The SMILES string of the molecule is Nc1nc(Cl)cc(NCc2sccc2Br)n1. The first-order valence-electron chi connectivity index (χ1n) is 4.41. The van der Waals surface area contributed by atoms with E-state index in [4.69, 9.17) is 17.3 Å². The first-order chi connectivity index (χ1) is 7.65. The molecule has 0 atom stereocenters. The summed E-state index contributed by atoms with van der Waals surface area (Å²) in [4.78, 5) is 8.99. The van der Waals surface area contributed by atoms with E-state index in [1.165, 1.54) is 4.88 Å². The first-order valence-corrected chi connectivity index (χ1v) is 6.46. The molecule has 16 heavy (non-hydrogen) atoms. The molecule has 0 saturated carbocycles. The maximum absolute atomic E-state index is 5.76. The summed E-state index contributed by atoms with van der Waals surface area (Å²) >= 11 is 10.9. The molecule has 0 saturated heterocycles. The number of halogens is 2. The summed E-state index contributed by atoms with van der Waals surface area (Å²) in [6.07, 6.45) is 0. The number of anilines is 2. The van der Waals surface area contributed by atoms with E-state index in [0.29, 0.717) is 17.5 Å². The third-order valence-electron chi connectivity index (χ3n) is 1.83. The van der Waals surface area contributed by atoms with E-state index in [2.05, 4.69) is 31.2 Å². The largest absolute Gasteiger partial charge is 0.368 e. The van der Waals surface area contributed by atoms with Crippen LogP contribution in [-0.4, -0.2) is 9.97 Å². The second-order valence-corrected chi connectivity index (χ2v) is 5.22. The Morgan fingerprint density at radius 1 is 1.50 bits per heavy atom. The summed E-state index contributed by atoms with van der Waals surface area (Å²) in [5.74, 6) is 0.790. The summed E-state index contributed by atoms with van der Waals surface area (Å²) in [5, 5.41) is 5.48. The van der Waals surface area contributed by atoms with Crippen LogP contribution in [0.3, 0.4) is 0 Å². The zero-order valence-electron chi connectivity index (χ0n) is 8.08. The number of thiophene rings is 1. The molecule has 0 unspecified atom stereocenters. The molecule has 4 nitrogen and oxygen atoms in total. The van der Waals surface area contributed by atoms with Crippen LogP contribution in [0.2, 0.25) is 5.15 Å². The van der Waals surface area contributed by atoms with E-state index >= 15 is 0 Å². The van der Waals surface area contributed by atoms with Gasteiger partial charge in [0, 0.05) is 15.4 Å². The van der Waals surface area contributed by atoms with Gasteiger partial charge in [0.1, 0.15) is 11.0 Å². The molecule has 0 amide bonds. The number of hydrogen-bond donors (Lipinski definition) is 2. The summed E-state index contributed by atoms with van der Waals surface area (Å²) in [6, 6.07) is 3.64. The van der Waals surface area contributed by atoms with Gasteiger partial charge in [0.05, 0.1) is 6.54 Å². The Bertz CT molecular complexity index is 482. The van der Waals surface area contributed by atoms with Gasteiger partial charge < -0.3 is 11.1 Å². The van der Waals surface area contributed by atoms with Crippen LogP contribution in [-0.2, 0) is 6.54 Å². The molecule has 84 valence electrons. The van der Waals surface area contributed by atoms with Crippen LogP contribution >= 0.6 is 38.9 Å². The Morgan fingerprint density at radius 3 is 2.94 bits per heavy atom. The van der Waals surface area contributed by atoms with Crippen LogP contribution < -0.4 is 11.1 Å². The molecule has 2 heterocycles. The molecule has 0 aliphatic carbocycles. The van der Waals surface area contributed by atoms with Crippen molar-refractivity contribution in [1.82, 2.24) is 9.97 Å². The van der Waals surface area contributed by atoms with Crippen LogP contribution in [0.15, 0.2) is 22.0 Å². The third kappa shape index (κ3) is 2.84. The van der Waals surface area contributed by atoms with Crippen molar-refractivity contribution in [3.8, 4) is 0 Å². The average Bonchev–Trinajstić information content (AvgIpc) is 2.59. The molecule has 2 rings (SSSR count). The summed E-state index contributed by atoms with van der Waals surface area (Å²) < 4.78 is 1.08. The fourth-order valence-electron chi connectivity index (χ4n) is 1.15. The van der Waals surface area contributed by atoms with Crippen molar-refractivity contribution >= 4 is 50.6 Å². The molecular weight excluding hydrogens is 312 g/mol. The molecule has 0 aromatic carbocycles. The lowest BCUT2D eigenvalue weighted by Crippen LogP contribution is -2.03. The number of nitrogens with one attached hydrogen (secondary N) is 1. The Kier molecular flexibility index (Phi) is 3.63. The molecule has 0 radical (unpaired) electrons. The minimum Gasteiger partial charge on any atom is -0.368 e. The zero-order chi connectivity index (χ0) is 11.5. The van der Waals surface area contributed by atoms with Crippen molar-refractivity contribution in [2.24, 2.45) is 0 Å². The van der Waals surface area contributed by atoms with Gasteiger partial charge in [-0.2, -0.15) is 4.98 Å². The highest BCUT2D eigenvalue weighted by atomic mass is 79.9. The van der Waals surface area contributed by atoms with Crippen LogP contribution in [0.25, 0.3) is 0 Å². The molecule has 2 aromatic heterocycles. The second-order valence-electron chi connectivity index (χ2n) is 2.98. The molecule has 2 aromatic rings. The van der Waals surface area contributed by atoms with E-state index in [-0.39, 0.29) is 5.95 Å². The van der Waals surface area contributed by atoms with Gasteiger partial charge in [0.15, 0.2) is 0 Å². The highest BCUT2D eigenvalue weighted by Gasteiger charge is 2.03. The Balaban J connectivity index is 2.07. The number of nitrogens with two attached hydrogens (primary N) is 1. The van der Waals surface area contributed by atoms with E-state index in [1.807, 2.05) is 11.4 Å². The molecule has 3 N–H and O–H groups in total. The minimum atomic E-state index is 0.167. The van der Waals surface area contributed by atoms with Crippen molar-refractivity contribution in [1.29, 1.82) is 0 Å². The van der Waals surface area contributed by atoms with E-state index in [9.17, 15) is 0 Å². The number of hydrogen-bond acceptors (Lipinski definition) is 5. The monoisotopic (exact) mass is 318 g/mol. The quantitative estimate of drug-likeness (QED) is 0.853. The van der Waals surface area contributed by atoms with Crippen LogP contribution in [0.4, 0.5) is 11.8 Å². The highest BCUT2D eigenvalue weighted by molar-refractivity contribution is 9.10. The predicted octanol–water partition coefficient (Wildman–Crippen LogP) is 3.15. The van der Waals surface area contributed by atoms with Crippen LogP contribution in [0, 0.1) is 0 Å². The standard InChI is InChI=1S/C9H8BrClN4S/c10-5-1-2-16-6(5)4-13-8-3-7(11)14-9(12)15-8/h1-3H,4H2,(H3,12,13,14,15). The van der Waals surface area contributed by atoms with Gasteiger partial charge in [-0.15, -0.1) is 11.3 Å². The van der Waals surface area contributed by atoms with Gasteiger partial charge in [0.2, 0.25) is 5.95 Å². The minimum absolute atomic E-state index is 0.167. The maximum Gasteiger partial charge on any atom is 0.223 e. The van der Waals surface area contributed by atoms with E-state index in [0.717, 1.165) is 4.47 Å². The van der Waals surface area contributed by atoms with Gasteiger partial charge in [0.25, 0.3) is 0 Å². The first kappa shape index (κ1) is 11.6. The van der Waals surface area contributed by atoms with Crippen LogP contribution in [0.1, 0.15) is 4.88 Å².